The highest BCUT2D eigenvalue weighted by Crippen LogP contribution is 2.29. The molecule has 0 bridgehead atoms. The molecule has 1 aromatic heterocycles. The highest BCUT2D eigenvalue weighted by Gasteiger charge is 2.28. The fourth-order valence-corrected chi connectivity index (χ4v) is 3.69. The van der Waals surface area contributed by atoms with Crippen LogP contribution in [0.5, 0.6) is 0 Å². The second kappa shape index (κ2) is 7.12. The summed E-state index contributed by atoms with van der Waals surface area (Å²) in [6.07, 6.45) is 7.95. The average molecular weight is 330 g/mol. The van der Waals surface area contributed by atoms with Gasteiger partial charge in [0.15, 0.2) is 0 Å². The molecular formula is C20H30N2O2. The average Bonchev–Trinajstić information content (AvgIpc) is 2.78. The van der Waals surface area contributed by atoms with E-state index < -0.39 is 5.60 Å². The number of carbonyl (C=O) groups is 1. The molecule has 0 saturated carbocycles. The quantitative estimate of drug-likeness (QED) is 0.714. The van der Waals surface area contributed by atoms with Gasteiger partial charge in [0.2, 0.25) is 0 Å². The maximum Gasteiger partial charge on any atom is 0.410 e. The molecule has 4 heteroatoms. The molecule has 3 rings (SSSR count). The summed E-state index contributed by atoms with van der Waals surface area (Å²) in [6.45, 7) is 7.27. The van der Waals surface area contributed by atoms with E-state index in [2.05, 4.69) is 12.1 Å². The van der Waals surface area contributed by atoms with Crippen LogP contribution in [-0.4, -0.2) is 34.7 Å². The van der Waals surface area contributed by atoms with Crippen LogP contribution in [0.3, 0.4) is 0 Å². The standard InChI is InChI=1S/C20H30N2O2/c1-20(2,3)24-19(23)22-13-11-16(12-14-22)18-10-9-15-7-5-4-6-8-17(15)21-18/h9-10,16H,4-8,11-14H2,1-3H3. The van der Waals surface area contributed by atoms with E-state index >= 15 is 0 Å². The number of hydrogen-bond acceptors (Lipinski definition) is 3. The first kappa shape index (κ1) is 17.2. The zero-order chi connectivity index (χ0) is 17.2. The van der Waals surface area contributed by atoms with E-state index in [0.29, 0.717) is 5.92 Å². The van der Waals surface area contributed by atoms with Crippen LogP contribution in [0.4, 0.5) is 4.79 Å². The molecule has 0 radical (unpaired) electrons. The third-order valence-corrected chi connectivity index (χ3v) is 5.01. The molecule has 1 aliphatic carbocycles. The second-order valence-corrected chi connectivity index (χ2v) is 8.14. The predicted molar refractivity (Wildman–Crippen MR) is 95.3 cm³/mol. The van der Waals surface area contributed by atoms with Crippen molar-refractivity contribution in [1.29, 1.82) is 0 Å². The van der Waals surface area contributed by atoms with Gasteiger partial charge in [-0.2, -0.15) is 0 Å². The van der Waals surface area contributed by atoms with Crippen LogP contribution in [0.15, 0.2) is 12.1 Å². The molecule has 1 amide bonds. The summed E-state index contributed by atoms with van der Waals surface area (Å²) in [7, 11) is 0. The van der Waals surface area contributed by atoms with Crippen molar-refractivity contribution in [2.24, 2.45) is 0 Å². The van der Waals surface area contributed by atoms with Gasteiger partial charge < -0.3 is 9.64 Å². The van der Waals surface area contributed by atoms with Gasteiger partial charge in [-0.3, -0.25) is 4.98 Å². The second-order valence-electron chi connectivity index (χ2n) is 8.14. The van der Waals surface area contributed by atoms with Gasteiger partial charge in [0.25, 0.3) is 0 Å². The van der Waals surface area contributed by atoms with Crippen LogP contribution in [-0.2, 0) is 17.6 Å². The van der Waals surface area contributed by atoms with Crippen LogP contribution in [0.25, 0.3) is 0 Å². The van der Waals surface area contributed by atoms with E-state index in [0.717, 1.165) is 32.4 Å². The number of rotatable bonds is 1. The number of nitrogens with zero attached hydrogens (tertiary/aromatic N) is 2. The molecule has 4 nitrogen and oxygen atoms in total. The molecule has 2 aliphatic rings. The molecule has 1 aliphatic heterocycles. The fraction of sp³-hybridized carbons (Fsp3) is 0.700. The summed E-state index contributed by atoms with van der Waals surface area (Å²) in [5.41, 5.74) is 3.56. The number of aryl methyl sites for hydroxylation is 2. The van der Waals surface area contributed by atoms with Crippen LogP contribution >= 0.6 is 0 Å². The molecule has 0 atom stereocenters. The summed E-state index contributed by atoms with van der Waals surface area (Å²) in [6, 6.07) is 4.52. The highest BCUT2D eigenvalue weighted by atomic mass is 16.6. The summed E-state index contributed by atoms with van der Waals surface area (Å²) in [5, 5.41) is 0. The molecule has 1 aromatic rings. The molecule has 0 spiro atoms. The Hall–Kier alpha value is -1.58. The molecule has 1 saturated heterocycles. The Kier molecular flexibility index (Phi) is 5.12. The monoisotopic (exact) mass is 330 g/mol. The molecule has 0 unspecified atom stereocenters. The third-order valence-electron chi connectivity index (χ3n) is 5.01. The summed E-state index contributed by atoms with van der Waals surface area (Å²) in [4.78, 5) is 19.0. The van der Waals surface area contributed by atoms with Crippen LogP contribution in [0.2, 0.25) is 0 Å². The Morgan fingerprint density at radius 2 is 1.83 bits per heavy atom. The van der Waals surface area contributed by atoms with Crippen LogP contribution < -0.4 is 0 Å². The van der Waals surface area contributed by atoms with Gasteiger partial charge in [0.1, 0.15) is 5.60 Å². The Labute approximate surface area is 145 Å². The largest absolute Gasteiger partial charge is 0.444 e. The van der Waals surface area contributed by atoms with Crippen molar-refractivity contribution < 1.29 is 9.53 Å². The highest BCUT2D eigenvalue weighted by molar-refractivity contribution is 5.68. The smallest absolute Gasteiger partial charge is 0.410 e. The molecule has 24 heavy (non-hydrogen) atoms. The van der Waals surface area contributed by atoms with Crippen molar-refractivity contribution in [2.45, 2.75) is 77.2 Å². The van der Waals surface area contributed by atoms with Gasteiger partial charge in [-0.1, -0.05) is 12.5 Å². The third kappa shape index (κ3) is 4.28. The Morgan fingerprint density at radius 1 is 1.12 bits per heavy atom. The number of carbonyl (C=O) groups excluding carboxylic acids is 1. The zero-order valence-electron chi connectivity index (χ0n) is 15.3. The van der Waals surface area contributed by atoms with Gasteiger partial charge in [0, 0.05) is 30.4 Å². The number of piperidine rings is 1. The minimum atomic E-state index is -0.424. The predicted octanol–water partition coefficient (Wildman–Crippen LogP) is 4.47. The Balaban J connectivity index is 1.61. The maximum atomic E-state index is 12.2. The lowest BCUT2D eigenvalue weighted by molar-refractivity contribution is 0.0204. The van der Waals surface area contributed by atoms with E-state index in [4.69, 9.17) is 9.72 Å². The van der Waals surface area contributed by atoms with Crippen molar-refractivity contribution in [2.75, 3.05) is 13.1 Å². The zero-order valence-corrected chi connectivity index (χ0v) is 15.3. The summed E-state index contributed by atoms with van der Waals surface area (Å²) < 4.78 is 5.48. The fourth-order valence-electron chi connectivity index (χ4n) is 3.69. The molecule has 132 valence electrons. The van der Waals surface area contributed by atoms with Gasteiger partial charge in [0.05, 0.1) is 0 Å². The topological polar surface area (TPSA) is 42.4 Å². The lowest BCUT2D eigenvalue weighted by Gasteiger charge is -2.33. The number of hydrogen-bond donors (Lipinski definition) is 0. The minimum absolute atomic E-state index is 0.184. The van der Waals surface area contributed by atoms with Gasteiger partial charge in [-0.15, -0.1) is 0 Å². The van der Waals surface area contributed by atoms with Crippen molar-refractivity contribution in [3.63, 3.8) is 0 Å². The van der Waals surface area contributed by atoms with Gasteiger partial charge in [-0.05, 0) is 70.9 Å². The lowest BCUT2D eigenvalue weighted by atomic mass is 9.92. The van der Waals surface area contributed by atoms with Crippen molar-refractivity contribution in [1.82, 2.24) is 9.88 Å². The first-order valence-corrected chi connectivity index (χ1v) is 9.39. The number of ether oxygens (including phenoxy) is 1. The minimum Gasteiger partial charge on any atom is -0.444 e. The first-order chi connectivity index (χ1) is 11.4. The van der Waals surface area contributed by atoms with Crippen molar-refractivity contribution >= 4 is 6.09 Å². The van der Waals surface area contributed by atoms with Crippen LogP contribution in [0, 0.1) is 0 Å². The summed E-state index contributed by atoms with van der Waals surface area (Å²) >= 11 is 0. The van der Waals surface area contributed by atoms with Gasteiger partial charge in [-0.25, -0.2) is 4.79 Å². The van der Waals surface area contributed by atoms with Crippen molar-refractivity contribution in [3.8, 4) is 0 Å². The van der Waals surface area contributed by atoms with E-state index in [9.17, 15) is 4.79 Å². The number of pyridine rings is 1. The number of fused-ring (bicyclic) bond motifs is 1. The van der Waals surface area contributed by atoms with E-state index in [1.807, 2.05) is 25.7 Å². The van der Waals surface area contributed by atoms with E-state index in [1.54, 1.807) is 0 Å². The maximum absolute atomic E-state index is 12.2. The molecule has 1 fully saturated rings. The molecule has 2 heterocycles. The van der Waals surface area contributed by atoms with Crippen molar-refractivity contribution in [3.05, 3.63) is 29.1 Å². The van der Waals surface area contributed by atoms with Gasteiger partial charge >= 0.3 is 6.09 Å². The molecule has 0 N–H and O–H groups in total. The SMILES string of the molecule is CC(C)(C)OC(=O)N1CCC(c2ccc3c(n2)CCCCC3)CC1. The van der Waals surface area contributed by atoms with E-state index in [1.165, 1.54) is 42.6 Å². The number of amides is 1. The van der Waals surface area contributed by atoms with Crippen LogP contribution in [0.1, 0.15) is 75.7 Å². The Bertz CT molecular complexity index is 584. The molecule has 0 aromatic carbocycles. The lowest BCUT2D eigenvalue weighted by Crippen LogP contribution is -2.41. The normalized spacial score (nSPS) is 19.5. The number of aromatic nitrogens is 1. The first-order valence-electron chi connectivity index (χ1n) is 9.39. The molecular weight excluding hydrogens is 300 g/mol. The van der Waals surface area contributed by atoms with E-state index in [-0.39, 0.29) is 6.09 Å². The summed E-state index contributed by atoms with van der Waals surface area (Å²) in [5.74, 6) is 0.470. The Morgan fingerprint density at radius 3 is 2.54 bits per heavy atom. The number of likely N-dealkylation sites (tertiary alicyclic amines) is 1.